The summed E-state index contributed by atoms with van der Waals surface area (Å²) in [7, 11) is 0. The first-order valence-corrected chi connectivity index (χ1v) is 6.14. The normalized spacial score (nSPS) is 10.8. The van der Waals surface area contributed by atoms with Crippen LogP contribution in [-0.4, -0.2) is 26.3 Å². The molecule has 0 amide bonds. The predicted molar refractivity (Wildman–Crippen MR) is 74.8 cm³/mol. The fourth-order valence-electron chi connectivity index (χ4n) is 2.03. The summed E-state index contributed by atoms with van der Waals surface area (Å²) < 4.78 is 1.40. The average molecular weight is 289 g/mol. The minimum absolute atomic E-state index is 0.0127. The molecular weight excluding hydrogens is 280 g/mol. The smallest absolute Gasteiger partial charge is 0.152 e. The quantitative estimate of drug-likeness (QED) is 0.711. The topological polar surface area (TPSA) is 75.3 Å². The number of hydrogen-bond donors (Lipinski definition) is 2. The number of hydrogen-bond acceptors (Lipinski definition) is 4. The van der Waals surface area contributed by atoms with Crippen molar-refractivity contribution in [2.24, 2.45) is 0 Å². The molecule has 3 aromatic rings. The molecule has 0 aliphatic rings. The van der Waals surface area contributed by atoms with E-state index in [9.17, 15) is 15.0 Å². The Hall–Kier alpha value is -2.53. The molecular formula is C14H9ClN2O3. The monoisotopic (exact) mass is 288 g/mol. The van der Waals surface area contributed by atoms with Gasteiger partial charge in [0.25, 0.3) is 0 Å². The lowest BCUT2D eigenvalue weighted by molar-refractivity contribution is 0.112. The number of nitrogens with zero attached hydrogens (tertiary/aromatic N) is 2. The molecule has 0 aliphatic carbocycles. The van der Waals surface area contributed by atoms with Crippen LogP contribution in [0.2, 0.25) is 5.15 Å². The zero-order chi connectivity index (χ0) is 14.3. The summed E-state index contributed by atoms with van der Waals surface area (Å²) in [5.41, 5.74) is 1.32. The average Bonchev–Trinajstić information content (AvgIpc) is 2.76. The lowest BCUT2D eigenvalue weighted by atomic mass is 10.2. The second-order valence-corrected chi connectivity index (χ2v) is 4.62. The van der Waals surface area contributed by atoms with Crippen LogP contribution in [-0.2, 0) is 0 Å². The minimum atomic E-state index is -0.0127. The van der Waals surface area contributed by atoms with Crippen molar-refractivity contribution < 1.29 is 15.0 Å². The van der Waals surface area contributed by atoms with Crippen LogP contribution in [0.5, 0.6) is 11.5 Å². The molecule has 3 rings (SSSR count). The standard InChI is InChI=1S/C14H9ClN2O3/c15-14-11-6-10(20)1-3-12(11)16-17(14)13-4-2-9(19)5-8(13)7-18/h1-7,19-20H. The molecule has 2 aromatic carbocycles. The lowest BCUT2D eigenvalue weighted by Crippen LogP contribution is -2.00. The number of fused-ring (bicyclic) bond motifs is 1. The van der Waals surface area contributed by atoms with Gasteiger partial charge in [-0.15, -0.1) is 0 Å². The number of aromatic hydroxyl groups is 2. The van der Waals surface area contributed by atoms with E-state index < -0.39 is 0 Å². The van der Waals surface area contributed by atoms with Crippen molar-refractivity contribution in [3.8, 4) is 17.2 Å². The molecule has 6 heteroatoms. The zero-order valence-electron chi connectivity index (χ0n) is 10.1. The third-order valence-corrected chi connectivity index (χ3v) is 3.33. The molecule has 0 unspecified atom stereocenters. The van der Waals surface area contributed by atoms with E-state index in [1.165, 1.54) is 28.9 Å². The van der Waals surface area contributed by atoms with E-state index in [2.05, 4.69) is 5.10 Å². The molecule has 100 valence electrons. The first-order valence-electron chi connectivity index (χ1n) is 5.76. The van der Waals surface area contributed by atoms with Crippen molar-refractivity contribution in [3.05, 3.63) is 47.1 Å². The Morgan fingerprint density at radius 3 is 2.55 bits per heavy atom. The number of aromatic nitrogens is 2. The SMILES string of the molecule is O=Cc1cc(O)ccc1-n1nc2ccc(O)cc2c1Cl. The first kappa shape index (κ1) is 12.5. The van der Waals surface area contributed by atoms with Gasteiger partial charge in [0, 0.05) is 10.9 Å². The summed E-state index contributed by atoms with van der Waals surface area (Å²) in [6.07, 6.45) is 0.620. The molecule has 0 radical (unpaired) electrons. The molecule has 5 nitrogen and oxygen atoms in total. The van der Waals surface area contributed by atoms with Gasteiger partial charge in [-0.3, -0.25) is 4.79 Å². The van der Waals surface area contributed by atoms with Crippen molar-refractivity contribution in [2.75, 3.05) is 0 Å². The van der Waals surface area contributed by atoms with Gasteiger partial charge in [-0.25, -0.2) is 4.68 Å². The highest BCUT2D eigenvalue weighted by Gasteiger charge is 2.14. The van der Waals surface area contributed by atoms with Gasteiger partial charge in [0.15, 0.2) is 6.29 Å². The lowest BCUT2D eigenvalue weighted by Gasteiger charge is -2.06. The highest BCUT2D eigenvalue weighted by atomic mass is 35.5. The van der Waals surface area contributed by atoms with Crippen molar-refractivity contribution in [1.29, 1.82) is 0 Å². The van der Waals surface area contributed by atoms with Crippen LogP contribution in [0.1, 0.15) is 10.4 Å². The highest BCUT2D eigenvalue weighted by Crippen LogP contribution is 2.30. The van der Waals surface area contributed by atoms with E-state index >= 15 is 0 Å². The fourth-order valence-corrected chi connectivity index (χ4v) is 2.31. The molecule has 0 atom stereocenters. The Labute approximate surface area is 118 Å². The van der Waals surface area contributed by atoms with E-state index in [0.717, 1.165) is 0 Å². The molecule has 0 fully saturated rings. The molecule has 20 heavy (non-hydrogen) atoms. The van der Waals surface area contributed by atoms with Crippen LogP contribution in [0.25, 0.3) is 16.6 Å². The summed E-state index contributed by atoms with van der Waals surface area (Å²) in [6, 6.07) is 8.98. The number of phenolic OH excluding ortho intramolecular Hbond substituents is 2. The Morgan fingerprint density at radius 2 is 1.80 bits per heavy atom. The van der Waals surface area contributed by atoms with Crippen molar-refractivity contribution in [3.63, 3.8) is 0 Å². The van der Waals surface area contributed by atoms with Crippen molar-refractivity contribution >= 4 is 28.8 Å². The molecule has 0 saturated carbocycles. The van der Waals surface area contributed by atoms with Crippen molar-refractivity contribution in [1.82, 2.24) is 9.78 Å². The van der Waals surface area contributed by atoms with Gasteiger partial charge in [-0.1, -0.05) is 11.6 Å². The maximum absolute atomic E-state index is 11.1. The van der Waals surface area contributed by atoms with Gasteiger partial charge < -0.3 is 10.2 Å². The Bertz CT molecular complexity index is 827. The van der Waals surface area contributed by atoms with Gasteiger partial charge in [0.1, 0.15) is 16.7 Å². The van der Waals surface area contributed by atoms with Gasteiger partial charge in [-0.05, 0) is 36.4 Å². The number of carbonyl (C=O) groups is 1. The van der Waals surface area contributed by atoms with Crippen molar-refractivity contribution in [2.45, 2.75) is 0 Å². The van der Waals surface area contributed by atoms with Gasteiger partial charge in [0.2, 0.25) is 0 Å². The second-order valence-electron chi connectivity index (χ2n) is 4.27. The van der Waals surface area contributed by atoms with Crippen LogP contribution >= 0.6 is 11.6 Å². The molecule has 1 heterocycles. The first-order chi connectivity index (χ1) is 9.60. The van der Waals surface area contributed by atoms with Crippen LogP contribution < -0.4 is 0 Å². The number of aldehydes is 1. The molecule has 1 aromatic heterocycles. The Morgan fingerprint density at radius 1 is 1.10 bits per heavy atom. The Balaban J connectivity index is 2.30. The maximum Gasteiger partial charge on any atom is 0.152 e. The number of benzene rings is 2. The van der Waals surface area contributed by atoms with Gasteiger partial charge in [0.05, 0.1) is 11.2 Å². The molecule has 2 N–H and O–H groups in total. The van der Waals surface area contributed by atoms with Crippen LogP contribution in [0.4, 0.5) is 0 Å². The zero-order valence-corrected chi connectivity index (χ0v) is 10.9. The molecule has 0 bridgehead atoms. The number of carbonyl (C=O) groups excluding carboxylic acids is 1. The second kappa shape index (κ2) is 4.54. The third-order valence-electron chi connectivity index (χ3n) is 2.96. The summed E-state index contributed by atoms with van der Waals surface area (Å²) in [6.45, 7) is 0. The largest absolute Gasteiger partial charge is 0.508 e. The third kappa shape index (κ3) is 1.88. The fraction of sp³-hybridized carbons (Fsp3) is 0. The minimum Gasteiger partial charge on any atom is -0.508 e. The Kier molecular flexibility index (Phi) is 2.84. The van der Waals surface area contributed by atoms with Crippen LogP contribution in [0, 0.1) is 0 Å². The summed E-state index contributed by atoms with van der Waals surface area (Å²) >= 11 is 6.24. The van der Waals surface area contributed by atoms with Crippen LogP contribution in [0.15, 0.2) is 36.4 Å². The van der Waals surface area contributed by atoms with E-state index in [0.29, 0.717) is 22.9 Å². The number of phenols is 2. The summed E-state index contributed by atoms with van der Waals surface area (Å²) in [5.74, 6) is 0.0709. The molecule has 0 spiro atoms. The van der Waals surface area contributed by atoms with Gasteiger partial charge >= 0.3 is 0 Å². The van der Waals surface area contributed by atoms with Gasteiger partial charge in [-0.2, -0.15) is 5.10 Å². The van der Waals surface area contributed by atoms with Crippen LogP contribution in [0.3, 0.4) is 0 Å². The number of halogens is 1. The van der Waals surface area contributed by atoms with E-state index in [1.54, 1.807) is 12.1 Å². The summed E-state index contributed by atoms with van der Waals surface area (Å²) in [5, 5.41) is 24.1. The number of rotatable bonds is 2. The van der Waals surface area contributed by atoms with E-state index in [-0.39, 0.29) is 22.2 Å². The molecule has 0 saturated heterocycles. The van der Waals surface area contributed by atoms with E-state index in [4.69, 9.17) is 11.6 Å². The summed E-state index contributed by atoms with van der Waals surface area (Å²) in [4.78, 5) is 11.1. The molecule has 0 aliphatic heterocycles. The predicted octanol–water partition coefficient (Wildman–Crippen LogP) is 2.90. The van der Waals surface area contributed by atoms with E-state index in [1.807, 2.05) is 0 Å². The maximum atomic E-state index is 11.1. The highest BCUT2D eigenvalue weighted by molar-refractivity contribution is 6.34.